The van der Waals surface area contributed by atoms with Gasteiger partial charge in [-0.3, -0.25) is 0 Å². The molecule has 2 nitrogen and oxygen atoms in total. The van der Waals surface area contributed by atoms with E-state index in [4.69, 9.17) is 0 Å². The molecule has 0 spiro atoms. The zero-order valence-electron chi connectivity index (χ0n) is 9.89. The fraction of sp³-hybridized carbons (Fsp3) is 0.714. The average Bonchev–Trinajstić information content (AvgIpc) is 2.70. The van der Waals surface area contributed by atoms with E-state index in [1.165, 1.54) is 18.5 Å². The van der Waals surface area contributed by atoms with E-state index in [9.17, 15) is 0 Å². The first-order valence-electron chi connectivity index (χ1n) is 6.68. The van der Waals surface area contributed by atoms with E-state index in [-0.39, 0.29) is 0 Å². The Morgan fingerprint density at radius 2 is 2.06 bits per heavy atom. The summed E-state index contributed by atoms with van der Waals surface area (Å²) in [7, 11) is 2.13. The van der Waals surface area contributed by atoms with Crippen molar-refractivity contribution in [1.82, 2.24) is 9.88 Å². The van der Waals surface area contributed by atoms with Crippen molar-refractivity contribution in [2.45, 2.75) is 31.8 Å². The maximum absolute atomic E-state index is 3.78. The lowest BCUT2D eigenvalue weighted by atomic mass is 10.0. The summed E-state index contributed by atoms with van der Waals surface area (Å²) in [6.07, 6.45) is 6.73. The summed E-state index contributed by atoms with van der Waals surface area (Å²) in [4.78, 5) is 0. The van der Waals surface area contributed by atoms with E-state index in [1.807, 2.05) is 0 Å². The first-order chi connectivity index (χ1) is 7.84. The van der Waals surface area contributed by atoms with Gasteiger partial charge in [-0.05, 0) is 55.1 Å². The number of hydrogen-bond acceptors (Lipinski definition) is 1. The van der Waals surface area contributed by atoms with Crippen LogP contribution >= 0.6 is 0 Å². The van der Waals surface area contributed by atoms with Gasteiger partial charge in [0.1, 0.15) is 0 Å². The number of aryl methyl sites for hydroxylation is 1. The van der Waals surface area contributed by atoms with Crippen LogP contribution in [0, 0.1) is 23.7 Å². The molecule has 3 aliphatic carbocycles. The minimum Gasteiger partial charge on any atom is -0.353 e. The topological polar surface area (TPSA) is 17.0 Å². The fourth-order valence-corrected chi connectivity index (χ4v) is 4.50. The Morgan fingerprint density at radius 1 is 1.31 bits per heavy atom. The quantitative estimate of drug-likeness (QED) is 0.819. The van der Waals surface area contributed by atoms with E-state index < -0.39 is 0 Å². The van der Waals surface area contributed by atoms with Crippen LogP contribution in [-0.2, 0) is 13.6 Å². The van der Waals surface area contributed by atoms with Gasteiger partial charge in [0, 0.05) is 31.5 Å². The first kappa shape index (κ1) is 9.29. The van der Waals surface area contributed by atoms with E-state index >= 15 is 0 Å². The largest absolute Gasteiger partial charge is 0.353 e. The molecule has 3 fully saturated rings. The lowest BCUT2D eigenvalue weighted by Gasteiger charge is -2.10. The minimum absolute atomic E-state index is 0.862. The summed E-state index contributed by atoms with van der Waals surface area (Å²) in [5.74, 6) is 4.28. The molecule has 4 rings (SSSR count). The Morgan fingerprint density at radius 3 is 2.69 bits per heavy atom. The van der Waals surface area contributed by atoms with E-state index in [0.29, 0.717) is 0 Å². The molecular formula is C14H20N2. The lowest BCUT2D eigenvalue weighted by molar-refractivity contribution is 0.456. The van der Waals surface area contributed by atoms with Gasteiger partial charge < -0.3 is 9.88 Å². The highest BCUT2D eigenvalue weighted by Crippen LogP contribution is 2.65. The van der Waals surface area contributed by atoms with Gasteiger partial charge >= 0.3 is 0 Å². The third-order valence-electron chi connectivity index (χ3n) is 5.31. The van der Waals surface area contributed by atoms with Gasteiger partial charge in [-0.15, -0.1) is 0 Å². The van der Waals surface area contributed by atoms with Crippen LogP contribution in [0.15, 0.2) is 18.3 Å². The van der Waals surface area contributed by atoms with Crippen molar-refractivity contribution in [2.75, 3.05) is 0 Å². The second-order valence-electron chi connectivity index (χ2n) is 6.01. The third-order valence-corrected chi connectivity index (χ3v) is 5.31. The van der Waals surface area contributed by atoms with Gasteiger partial charge in [-0.2, -0.15) is 0 Å². The molecule has 2 bridgehead atoms. The van der Waals surface area contributed by atoms with E-state index in [0.717, 1.165) is 36.3 Å². The summed E-state index contributed by atoms with van der Waals surface area (Å²) in [5, 5.41) is 3.78. The van der Waals surface area contributed by atoms with Crippen LogP contribution < -0.4 is 5.32 Å². The number of hydrogen-bond donors (Lipinski definition) is 1. The van der Waals surface area contributed by atoms with Gasteiger partial charge in [-0.25, -0.2) is 0 Å². The molecular weight excluding hydrogens is 196 g/mol. The number of nitrogens with one attached hydrogen (secondary N) is 1. The highest BCUT2D eigenvalue weighted by atomic mass is 15.0. The predicted molar refractivity (Wildman–Crippen MR) is 63.9 cm³/mol. The van der Waals surface area contributed by atoms with Crippen LogP contribution in [0.25, 0.3) is 0 Å². The molecule has 16 heavy (non-hydrogen) atoms. The zero-order chi connectivity index (χ0) is 10.7. The number of aromatic nitrogens is 1. The Labute approximate surface area is 97.0 Å². The predicted octanol–water partition coefficient (Wildman–Crippen LogP) is 2.16. The van der Waals surface area contributed by atoms with Crippen LogP contribution in [0.2, 0.25) is 0 Å². The van der Waals surface area contributed by atoms with Gasteiger partial charge in [0.2, 0.25) is 0 Å². The molecule has 0 radical (unpaired) electrons. The van der Waals surface area contributed by atoms with Crippen LogP contribution in [-0.4, -0.2) is 10.6 Å². The Balaban J connectivity index is 1.39. The third kappa shape index (κ3) is 1.17. The lowest BCUT2D eigenvalue weighted by Crippen LogP contribution is -2.23. The Bertz CT molecular complexity index is 393. The van der Waals surface area contributed by atoms with Gasteiger partial charge in [0.15, 0.2) is 0 Å². The van der Waals surface area contributed by atoms with Crippen LogP contribution in [0.5, 0.6) is 0 Å². The Kier molecular flexibility index (Phi) is 1.82. The van der Waals surface area contributed by atoms with Gasteiger partial charge in [0.05, 0.1) is 0 Å². The van der Waals surface area contributed by atoms with Crippen molar-refractivity contribution in [2.24, 2.45) is 30.7 Å². The monoisotopic (exact) mass is 216 g/mol. The smallest absolute Gasteiger partial charge is 0.0361 e. The van der Waals surface area contributed by atoms with Gasteiger partial charge in [0.25, 0.3) is 0 Å². The van der Waals surface area contributed by atoms with Crippen LogP contribution in [0.4, 0.5) is 0 Å². The second kappa shape index (κ2) is 3.13. The molecule has 1 aromatic rings. The number of nitrogens with zero attached hydrogens (tertiary/aromatic N) is 1. The summed E-state index contributed by atoms with van der Waals surface area (Å²) in [6, 6.07) is 5.22. The molecule has 1 N–H and O–H groups in total. The highest BCUT2D eigenvalue weighted by molar-refractivity contribution is 5.17. The van der Waals surface area contributed by atoms with Crippen molar-refractivity contribution in [3.63, 3.8) is 0 Å². The molecule has 3 aliphatic rings. The summed E-state index contributed by atoms with van der Waals surface area (Å²) in [5.41, 5.74) is 1.41. The van der Waals surface area contributed by atoms with Crippen molar-refractivity contribution < 1.29 is 0 Å². The molecule has 0 aromatic carbocycles. The zero-order valence-corrected chi connectivity index (χ0v) is 9.89. The summed E-state index contributed by atoms with van der Waals surface area (Å²) < 4.78 is 2.22. The molecule has 0 saturated heterocycles. The van der Waals surface area contributed by atoms with Crippen LogP contribution in [0.1, 0.15) is 25.0 Å². The van der Waals surface area contributed by atoms with Crippen molar-refractivity contribution >= 4 is 0 Å². The van der Waals surface area contributed by atoms with Crippen molar-refractivity contribution in [3.05, 3.63) is 24.0 Å². The fourth-order valence-electron chi connectivity index (χ4n) is 4.50. The summed E-state index contributed by atoms with van der Waals surface area (Å²) >= 11 is 0. The number of rotatable bonds is 3. The maximum Gasteiger partial charge on any atom is 0.0361 e. The Hall–Kier alpha value is -0.760. The SMILES string of the molecule is Cn1cccc1CNC1C2C3CCC(C3)C12. The first-order valence-corrected chi connectivity index (χ1v) is 6.68. The molecule has 4 unspecified atom stereocenters. The maximum atomic E-state index is 3.78. The molecule has 1 aromatic heterocycles. The summed E-state index contributed by atoms with van der Waals surface area (Å²) in [6.45, 7) is 1.06. The van der Waals surface area contributed by atoms with Crippen LogP contribution in [0.3, 0.4) is 0 Å². The molecule has 86 valence electrons. The van der Waals surface area contributed by atoms with Gasteiger partial charge in [-0.1, -0.05) is 0 Å². The number of fused-ring (bicyclic) bond motifs is 5. The standard InChI is InChI=1S/C14H20N2/c1-16-6-2-3-11(16)8-15-14-12-9-4-5-10(7-9)13(12)14/h2-3,6,9-10,12-15H,4-5,7-8H2,1H3. The van der Waals surface area contributed by atoms with E-state index in [1.54, 1.807) is 6.42 Å². The second-order valence-corrected chi connectivity index (χ2v) is 6.01. The highest BCUT2D eigenvalue weighted by Gasteiger charge is 2.64. The van der Waals surface area contributed by atoms with Crippen molar-refractivity contribution in [3.8, 4) is 0 Å². The molecule has 0 aliphatic heterocycles. The molecule has 0 amide bonds. The average molecular weight is 216 g/mol. The molecule has 4 atom stereocenters. The molecule has 2 heteroatoms. The molecule has 3 saturated carbocycles. The minimum atomic E-state index is 0.862. The van der Waals surface area contributed by atoms with Crippen molar-refractivity contribution in [1.29, 1.82) is 0 Å². The van der Waals surface area contributed by atoms with E-state index in [2.05, 4.69) is 35.3 Å². The normalized spacial score (nSPS) is 43.7. The molecule has 1 heterocycles.